The smallest absolute Gasteiger partial charge is 0.251 e. The molecule has 1 saturated heterocycles. The molecule has 6 nitrogen and oxygen atoms in total. The molecule has 0 saturated carbocycles. The Morgan fingerprint density at radius 3 is 2.55 bits per heavy atom. The van der Waals surface area contributed by atoms with Crippen LogP contribution in [0.15, 0.2) is 67.3 Å². The van der Waals surface area contributed by atoms with Crippen molar-refractivity contribution in [3.05, 3.63) is 89.5 Å². The first-order valence-corrected chi connectivity index (χ1v) is 9.97. The molecule has 3 aromatic rings. The van der Waals surface area contributed by atoms with E-state index < -0.39 is 0 Å². The first kappa shape index (κ1) is 19.4. The minimum Gasteiger partial charge on any atom is -0.379 e. The second-order valence-electron chi connectivity index (χ2n) is 7.32. The summed E-state index contributed by atoms with van der Waals surface area (Å²) in [5, 5.41) is 3.02. The third-order valence-electron chi connectivity index (χ3n) is 5.09. The summed E-state index contributed by atoms with van der Waals surface area (Å²) in [4.78, 5) is 19.0. The van der Waals surface area contributed by atoms with Crippen LogP contribution in [0.2, 0.25) is 0 Å². The number of hydrogen-bond acceptors (Lipinski definition) is 4. The van der Waals surface area contributed by atoms with E-state index in [2.05, 4.69) is 27.3 Å². The van der Waals surface area contributed by atoms with E-state index in [0.717, 1.165) is 45.0 Å². The van der Waals surface area contributed by atoms with Gasteiger partial charge in [-0.3, -0.25) is 9.69 Å². The second kappa shape index (κ2) is 9.49. The Labute approximate surface area is 171 Å². The molecule has 1 amide bonds. The number of carbonyl (C=O) groups is 1. The highest BCUT2D eigenvalue weighted by atomic mass is 16.5. The van der Waals surface area contributed by atoms with Crippen molar-refractivity contribution in [3.8, 4) is 0 Å². The van der Waals surface area contributed by atoms with E-state index in [-0.39, 0.29) is 5.91 Å². The molecule has 0 radical (unpaired) electrons. The Hall–Kier alpha value is -2.96. The van der Waals surface area contributed by atoms with Crippen molar-refractivity contribution in [2.24, 2.45) is 0 Å². The fourth-order valence-corrected chi connectivity index (χ4v) is 3.49. The number of rotatable bonds is 7. The minimum absolute atomic E-state index is 0.0528. The van der Waals surface area contributed by atoms with Gasteiger partial charge in [0.1, 0.15) is 0 Å². The predicted octanol–water partition coefficient (Wildman–Crippen LogP) is 2.69. The van der Waals surface area contributed by atoms with Gasteiger partial charge in [-0.05, 0) is 28.8 Å². The van der Waals surface area contributed by atoms with Crippen LogP contribution in [0, 0.1) is 0 Å². The van der Waals surface area contributed by atoms with Gasteiger partial charge in [-0.1, -0.05) is 36.4 Å². The molecule has 29 heavy (non-hydrogen) atoms. The summed E-state index contributed by atoms with van der Waals surface area (Å²) in [5.41, 5.74) is 4.17. The Bertz CT molecular complexity index is 916. The summed E-state index contributed by atoms with van der Waals surface area (Å²) >= 11 is 0. The van der Waals surface area contributed by atoms with Crippen LogP contribution in [0.5, 0.6) is 0 Å². The molecule has 0 bridgehead atoms. The van der Waals surface area contributed by atoms with Crippen LogP contribution >= 0.6 is 0 Å². The number of imidazole rings is 1. The quantitative estimate of drug-likeness (QED) is 0.674. The third-order valence-corrected chi connectivity index (χ3v) is 5.09. The zero-order valence-electron chi connectivity index (χ0n) is 16.5. The van der Waals surface area contributed by atoms with Crippen LogP contribution in [-0.2, 0) is 24.4 Å². The van der Waals surface area contributed by atoms with E-state index >= 15 is 0 Å². The maximum absolute atomic E-state index is 12.5. The minimum atomic E-state index is -0.0528. The molecule has 2 aromatic carbocycles. The first-order valence-electron chi connectivity index (χ1n) is 9.97. The molecule has 0 unspecified atom stereocenters. The SMILES string of the molecule is O=C(NCc1cccc(Cn2ccnc2)c1)c1ccc(CN2CCOCC2)cc1. The number of amides is 1. The fraction of sp³-hybridized carbons (Fsp3) is 0.304. The first-order chi connectivity index (χ1) is 14.3. The average molecular weight is 390 g/mol. The Balaban J connectivity index is 1.30. The number of carbonyl (C=O) groups excluding carboxylic acids is 1. The monoisotopic (exact) mass is 390 g/mol. The standard InChI is InChI=1S/C23H26N4O2/c28-23(22-6-4-19(5-7-22)16-26-10-12-29-13-11-26)25-15-20-2-1-3-21(14-20)17-27-9-8-24-18-27/h1-9,14,18H,10-13,15-17H2,(H,25,28). The molecule has 1 N–H and O–H groups in total. The highest BCUT2D eigenvalue weighted by Crippen LogP contribution is 2.11. The van der Waals surface area contributed by atoms with Crippen molar-refractivity contribution in [3.63, 3.8) is 0 Å². The number of morpholine rings is 1. The summed E-state index contributed by atoms with van der Waals surface area (Å²) in [7, 11) is 0. The van der Waals surface area contributed by atoms with Crippen molar-refractivity contribution >= 4 is 5.91 Å². The number of nitrogens with zero attached hydrogens (tertiary/aromatic N) is 3. The molecule has 1 aliphatic heterocycles. The van der Waals surface area contributed by atoms with Crippen molar-refractivity contribution in [1.29, 1.82) is 0 Å². The van der Waals surface area contributed by atoms with Crippen molar-refractivity contribution < 1.29 is 9.53 Å². The van der Waals surface area contributed by atoms with Crippen LogP contribution in [0.25, 0.3) is 0 Å². The zero-order chi connectivity index (χ0) is 19.9. The molecule has 0 atom stereocenters. The van der Waals surface area contributed by atoms with Gasteiger partial charge in [-0.25, -0.2) is 4.98 Å². The van der Waals surface area contributed by atoms with Gasteiger partial charge in [0.05, 0.1) is 19.5 Å². The van der Waals surface area contributed by atoms with E-state index in [1.807, 2.05) is 47.2 Å². The molecule has 1 aromatic heterocycles. The molecule has 1 fully saturated rings. The van der Waals surface area contributed by atoms with E-state index in [1.165, 1.54) is 11.1 Å². The third kappa shape index (κ3) is 5.53. The Morgan fingerprint density at radius 2 is 1.79 bits per heavy atom. The molecular formula is C23H26N4O2. The molecule has 0 spiro atoms. The second-order valence-corrected chi connectivity index (χ2v) is 7.32. The molecular weight excluding hydrogens is 364 g/mol. The summed E-state index contributed by atoms with van der Waals surface area (Å²) in [6.07, 6.45) is 5.52. The van der Waals surface area contributed by atoms with Gasteiger partial charge < -0.3 is 14.6 Å². The van der Waals surface area contributed by atoms with E-state index in [1.54, 1.807) is 12.5 Å². The number of hydrogen-bond donors (Lipinski definition) is 1. The largest absolute Gasteiger partial charge is 0.379 e. The van der Waals surface area contributed by atoms with Crippen LogP contribution < -0.4 is 5.32 Å². The van der Waals surface area contributed by atoms with Gasteiger partial charge in [0, 0.05) is 50.7 Å². The van der Waals surface area contributed by atoms with Gasteiger partial charge in [-0.15, -0.1) is 0 Å². The number of nitrogens with one attached hydrogen (secondary N) is 1. The van der Waals surface area contributed by atoms with Gasteiger partial charge >= 0.3 is 0 Å². The van der Waals surface area contributed by atoms with Gasteiger partial charge in [0.15, 0.2) is 0 Å². The summed E-state index contributed by atoms with van der Waals surface area (Å²) in [6.45, 7) is 5.69. The normalized spacial score (nSPS) is 14.6. The van der Waals surface area contributed by atoms with Crippen molar-refractivity contribution in [2.75, 3.05) is 26.3 Å². The Morgan fingerprint density at radius 1 is 1.00 bits per heavy atom. The number of aromatic nitrogens is 2. The number of benzene rings is 2. The molecule has 0 aliphatic carbocycles. The van der Waals surface area contributed by atoms with Gasteiger partial charge in [0.25, 0.3) is 5.91 Å². The molecule has 4 rings (SSSR count). The van der Waals surface area contributed by atoms with Crippen molar-refractivity contribution in [2.45, 2.75) is 19.6 Å². The van der Waals surface area contributed by atoms with Gasteiger partial charge in [-0.2, -0.15) is 0 Å². The lowest BCUT2D eigenvalue weighted by Gasteiger charge is -2.26. The lowest BCUT2D eigenvalue weighted by atomic mass is 10.1. The highest BCUT2D eigenvalue weighted by molar-refractivity contribution is 5.94. The lowest BCUT2D eigenvalue weighted by molar-refractivity contribution is 0.0342. The van der Waals surface area contributed by atoms with E-state index in [0.29, 0.717) is 12.1 Å². The average Bonchev–Trinajstić information content (AvgIpc) is 3.27. The summed E-state index contributed by atoms with van der Waals surface area (Å²) in [5.74, 6) is -0.0528. The van der Waals surface area contributed by atoms with Crippen LogP contribution in [0.3, 0.4) is 0 Å². The molecule has 150 valence electrons. The molecule has 2 heterocycles. The van der Waals surface area contributed by atoms with E-state index in [4.69, 9.17) is 4.74 Å². The topological polar surface area (TPSA) is 59.4 Å². The number of ether oxygens (including phenoxy) is 1. The zero-order valence-corrected chi connectivity index (χ0v) is 16.5. The highest BCUT2D eigenvalue weighted by Gasteiger charge is 2.11. The van der Waals surface area contributed by atoms with E-state index in [9.17, 15) is 4.79 Å². The summed E-state index contributed by atoms with van der Waals surface area (Å²) < 4.78 is 7.41. The maximum Gasteiger partial charge on any atom is 0.251 e. The maximum atomic E-state index is 12.5. The molecule has 6 heteroatoms. The van der Waals surface area contributed by atoms with Crippen molar-refractivity contribution in [1.82, 2.24) is 19.8 Å². The van der Waals surface area contributed by atoms with Crippen LogP contribution in [0.4, 0.5) is 0 Å². The molecule has 1 aliphatic rings. The Kier molecular flexibility index (Phi) is 6.34. The lowest BCUT2D eigenvalue weighted by Crippen LogP contribution is -2.35. The van der Waals surface area contributed by atoms with Gasteiger partial charge in [0.2, 0.25) is 0 Å². The summed E-state index contributed by atoms with van der Waals surface area (Å²) in [6, 6.07) is 16.1. The van der Waals surface area contributed by atoms with Crippen LogP contribution in [-0.4, -0.2) is 46.7 Å². The fourth-order valence-electron chi connectivity index (χ4n) is 3.49. The van der Waals surface area contributed by atoms with Crippen LogP contribution in [0.1, 0.15) is 27.0 Å². The predicted molar refractivity (Wildman–Crippen MR) is 111 cm³/mol.